The van der Waals surface area contributed by atoms with Crippen LogP contribution in [-0.4, -0.2) is 19.2 Å². The number of ether oxygens (including phenoxy) is 4. The van der Waals surface area contributed by atoms with Crippen LogP contribution in [0.25, 0.3) is 6.08 Å². The average molecular weight is 399 g/mol. The lowest BCUT2D eigenvalue weighted by Gasteiger charge is -2.20. The topological polar surface area (TPSA) is 54.0 Å². The van der Waals surface area contributed by atoms with Gasteiger partial charge < -0.3 is 18.9 Å². The Hall–Kier alpha value is -2.76. The van der Waals surface area contributed by atoms with E-state index in [1.807, 2.05) is 19.9 Å². The molecule has 0 aromatic heterocycles. The molecule has 144 valence electrons. The number of allylic oxidation sites excluding steroid dienone is 2. The molecule has 0 saturated heterocycles. The zero-order valence-electron chi connectivity index (χ0n) is 15.6. The maximum atomic E-state index is 12.7. The van der Waals surface area contributed by atoms with E-state index >= 15 is 0 Å². The molecule has 2 aromatic rings. The molecule has 0 N–H and O–H groups in total. The van der Waals surface area contributed by atoms with Crippen LogP contribution in [0, 0.1) is 0 Å². The van der Waals surface area contributed by atoms with Crippen molar-refractivity contribution in [1.82, 2.24) is 0 Å². The second kappa shape index (κ2) is 7.70. The Morgan fingerprint density at radius 3 is 2.93 bits per heavy atom. The molecule has 5 nitrogen and oxygen atoms in total. The number of Topliss-reactive ketones (excluding diaryl/α,β-unsaturated/α-hetero) is 1. The van der Waals surface area contributed by atoms with E-state index in [0.717, 1.165) is 5.56 Å². The summed E-state index contributed by atoms with van der Waals surface area (Å²) < 4.78 is 22.4. The molecule has 2 aromatic carbocycles. The van der Waals surface area contributed by atoms with Gasteiger partial charge in [-0.1, -0.05) is 17.2 Å². The van der Waals surface area contributed by atoms with Crippen LogP contribution < -0.4 is 14.2 Å². The van der Waals surface area contributed by atoms with Gasteiger partial charge >= 0.3 is 0 Å². The first kappa shape index (κ1) is 18.6. The highest BCUT2D eigenvalue weighted by molar-refractivity contribution is 6.31. The number of rotatable bonds is 4. The fraction of sp³-hybridized carbons (Fsp3) is 0.227. The van der Waals surface area contributed by atoms with E-state index in [1.54, 1.807) is 36.4 Å². The lowest BCUT2D eigenvalue weighted by atomic mass is 10.1. The average Bonchev–Trinajstić information content (AvgIpc) is 2.96. The Balaban J connectivity index is 1.61. The standard InChI is InChI=1S/C22H19ClO5/c1-13(2)5-6-26-17-3-4-18-19(10-17)28-20(21(18)24)9-14-7-16(23)8-15-11-25-12-27-22(14)15/h3-5,7-10H,6,11-12H2,1-2H3. The minimum absolute atomic E-state index is 0.159. The van der Waals surface area contributed by atoms with Crippen LogP contribution in [0.5, 0.6) is 17.2 Å². The monoisotopic (exact) mass is 398 g/mol. The zero-order valence-corrected chi connectivity index (χ0v) is 16.3. The number of hydrogen-bond donors (Lipinski definition) is 0. The Morgan fingerprint density at radius 1 is 1.25 bits per heavy atom. The van der Waals surface area contributed by atoms with Crippen LogP contribution in [0.1, 0.15) is 35.3 Å². The van der Waals surface area contributed by atoms with Crippen molar-refractivity contribution in [1.29, 1.82) is 0 Å². The molecule has 0 aliphatic carbocycles. The third kappa shape index (κ3) is 3.77. The predicted octanol–water partition coefficient (Wildman–Crippen LogP) is 5.17. The third-order valence-corrected chi connectivity index (χ3v) is 4.59. The summed E-state index contributed by atoms with van der Waals surface area (Å²) in [6.07, 6.45) is 3.64. The Bertz CT molecular complexity index is 1000. The van der Waals surface area contributed by atoms with Gasteiger partial charge in [0, 0.05) is 22.2 Å². The molecule has 2 aliphatic rings. The maximum Gasteiger partial charge on any atom is 0.231 e. The molecular weight excluding hydrogens is 380 g/mol. The number of ketones is 1. The summed E-state index contributed by atoms with van der Waals surface area (Å²) in [6.45, 7) is 5.05. The summed E-state index contributed by atoms with van der Waals surface area (Å²) in [5.41, 5.74) is 3.20. The van der Waals surface area contributed by atoms with Crippen LogP contribution >= 0.6 is 11.6 Å². The summed E-state index contributed by atoms with van der Waals surface area (Å²) >= 11 is 6.20. The molecule has 0 atom stereocenters. The van der Waals surface area contributed by atoms with Crippen molar-refractivity contribution in [3.8, 4) is 17.2 Å². The highest BCUT2D eigenvalue weighted by atomic mass is 35.5. The molecule has 0 fully saturated rings. The normalized spacial score (nSPS) is 16.1. The highest BCUT2D eigenvalue weighted by Crippen LogP contribution is 2.38. The van der Waals surface area contributed by atoms with Crippen LogP contribution in [-0.2, 0) is 11.3 Å². The first-order chi connectivity index (χ1) is 13.5. The van der Waals surface area contributed by atoms with Crippen LogP contribution in [0.4, 0.5) is 0 Å². The Labute approximate surface area is 168 Å². The van der Waals surface area contributed by atoms with E-state index in [1.165, 1.54) is 5.57 Å². The van der Waals surface area contributed by atoms with Crippen LogP contribution in [0.2, 0.25) is 5.02 Å². The molecule has 2 aliphatic heterocycles. The Morgan fingerprint density at radius 2 is 2.11 bits per heavy atom. The summed E-state index contributed by atoms with van der Waals surface area (Å²) in [6, 6.07) is 8.74. The molecule has 0 amide bonds. The first-order valence-corrected chi connectivity index (χ1v) is 9.26. The minimum Gasteiger partial charge on any atom is -0.489 e. The number of carbonyl (C=O) groups is 1. The lowest BCUT2D eigenvalue weighted by molar-refractivity contribution is -0.0165. The van der Waals surface area contributed by atoms with E-state index in [-0.39, 0.29) is 18.3 Å². The number of fused-ring (bicyclic) bond motifs is 2. The quantitative estimate of drug-likeness (QED) is 0.525. The summed E-state index contributed by atoms with van der Waals surface area (Å²) in [7, 11) is 0. The number of benzene rings is 2. The summed E-state index contributed by atoms with van der Waals surface area (Å²) in [5.74, 6) is 1.81. The number of hydrogen-bond acceptors (Lipinski definition) is 5. The molecule has 0 saturated carbocycles. The van der Waals surface area contributed by atoms with Crippen molar-refractivity contribution in [3.63, 3.8) is 0 Å². The van der Waals surface area contributed by atoms with E-state index in [4.69, 9.17) is 30.5 Å². The van der Waals surface area contributed by atoms with Crippen molar-refractivity contribution >= 4 is 23.5 Å². The van der Waals surface area contributed by atoms with Crippen LogP contribution in [0.15, 0.2) is 47.7 Å². The largest absolute Gasteiger partial charge is 0.489 e. The SMILES string of the molecule is CC(C)=CCOc1ccc2c(c1)OC(=Cc1cc(Cl)cc3c1OCOC3)C2=O. The van der Waals surface area contributed by atoms with Gasteiger partial charge in [-0.05, 0) is 50.3 Å². The van der Waals surface area contributed by atoms with Gasteiger partial charge in [0.25, 0.3) is 0 Å². The molecule has 0 radical (unpaired) electrons. The summed E-state index contributed by atoms with van der Waals surface area (Å²) in [5, 5.41) is 0.539. The number of carbonyl (C=O) groups excluding carboxylic acids is 1. The molecule has 28 heavy (non-hydrogen) atoms. The van der Waals surface area contributed by atoms with E-state index < -0.39 is 0 Å². The molecule has 0 bridgehead atoms. The van der Waals surface area contributed by atoms with Gasteiger partial charge in [0.05, 0.1) is 12.2 Å². The molecular formula is C22H19ClO5. The van der Waals surface area contributed by atoms with Gasteiger partial charge in [0.1, 0.15) is 23.9 Å². The van der Waals surface area contributed by atoms with Gasteiger partial charge in [-0.3, -0.25) is 4.79 Å². The predicted molar refractivity (Wildman–Crippen MR) is 106 cm³/mol. The fourth-order valence-corrected chi connectivity index (χ4v) is 3.27. The van der Waals surface area contributed by atoms with Gasteiger partial charge in [0.15, 0.2) is 12.6 Å². The van der Waals surface area contributed by atoms with Gasteiger partial charge in [-0.15, -0.1) is 0 Å². The maximum absolute atomic E-state index is 12.7. The van der Waals surface area contributed by atoms with Crippen LogP contribution in [0.3, 0.4) is 0 Å². The van der Waals surface area contributed by atoms with Gasteiger partial charge in [-0.2, -0.15) is 0 Å². The van der Waals surface area contributed by atoms with E-state index in [0.29, 0.717) is 46.6 Å². The summed E-state index contributed by atoms with van der Waals surface area (Å²) in [4.78, 5) is 12.7. The Kier molecular flexibility index (Phi) is 5.11. The highest BCUT2D eigenvalue weighted by Gasteiger charge is 2.28. The van der Waals surface area contributed by atoms with Crippen molar-refractivity contribution in [2.24, 2.45) is 0 Å². The molecule has 6 heteroatoms. The lowest BCUT2D eigenvalue weighted by Crippen LogP contribution is -2.12. The first-order valence-electron chi connectivity index (χ1n) is 8.88. The molecule has 0 unspecified atom stereocenters. The van der Waals surface area contributed by atoms with Crippen molar-refractivity contribution in [2.75, 3.05) is 13.4 Å². The molecule has 0 spiro atoms. The second-order valence-electron chi connectivity index (χ2n) is 6.78. The smallest absolute Gasteiger partial charge is 0.231 e. The van der Waals surface area contributed by atoms with Crippen molar-refractivity contribution in [3.05, 3.63) is 69.5 Å². The van der Waals surface area contributed by atoms with Gasteiger partial charge in [-0.25, -0.2) is 0 Å². The van der Waals surface area contributed by atoms with Gasteiger partial charge in [0.2, 0.25) is 5.78 Å². The van der Waals surface area contributed by atoms with Crippen molar-refractivity contribution in [2.45, 2.75) is 20.5 Å². The second-order valence-corrected chi connectivity index (χ2v) is 7.22. The minimum atomic E-state index is -0.188. The van der Waals surface area contributed by atoms with E-state index in [9.17, 15) is 4.79 Å². The zero-order chi connectivity index (χ0) is 19.7. The van der Waals surface area contributed by atoms with Crippen molar-refractivity contribution < 1.29 is 23.7 Å². The molecule has 4 rings (SSSR count). The molecule has 2 heterocycles. The third-order valence-electron chi connectivity index (χ3n) is 4.37. The number of halogens is 1. The fourth-order valence-electron chi connectivity index (χ4n) is 3.02. The van der Waals surface area contributed by atoms with E-state index in [2.05, 4.69) is 0 Å².